The number of urea groups is 1. The van der Waals surface area contributed by atoms with E-state index in [1.807, 2.05) is 19.1 Å². The Morgan fingerprint density at radius 2 is 2.05 bits per heavy atom. The molecule has 5 nitrogen and oxygen atoms in total. The van der Waals surface area contributed by atoms with Gasteiger partial charge in [0.15, 0.2) is 0 Å². The third-order valence-electron chi connectivity index (χ3n) is 2.67. The highest BCUT2D eigenvalue weighted by Gasteiger charge is 2.10. The van der Waals surface area contributed by atoms with Gasteiger partial charge in [-0.15, -0.1) is 11.3 Å². The number of carboxylic acids is 1. The van der Waals surface area contributed by atoms with Crippen LogP contribution < -0.4 is 10.6 Å². The lowest BCUT2D eigenvalue weighted by Crippen LogP contribution is -2.27. The van der Waals surface area contributed by atoms with E-state index in [2.05, 4.69) is 10.6 Å². The van der Waals surface area contributed by atoms with Gasteiger partial charge in [-0.2, -0.15) is 0 Å². The van der Waals surface area contributed by atoms with Crippen molar-refractivity contribution >= 4 is 40.6 Å². The number of hydrogen-bond acceptors (Lipinski definition) is 3. The molecule has 2 amide bonds. The van der Waals surface area contributed by atoms with Gasteiger partial charge < -0.3 is 15.7 Å². The molecule has 0 aliphatic heterocycles. The summed E-state index contributed by atoms with van der Waals surface area (Å²) in [6.45, 7) is 2.42. The van der Waals surface area contributed by atoms with Gasteiger partial charge in [0.1, 0.15) is 0 Å². The number of nitrogens with one attached hydrogen (secondary N) is 2. The summed E-state index contributed by atoms with van der Waals surface area (Å²) in [5.74, 6) is -1.14. The molecule has 1 heterocycles. The van der Waals surface area contributed by atoms with Gasteiger partial charge in [-0.1, -0.05) is 11.6 Å². The Labute approximate surface area is 130 Å². The maximum Gasteiger partial charge on any atom is 0.337 e. The molecule has 0 fully saturated rings. The summed E-state index contributed by atoms with van der Waals surface area (Å²) in [5.41, 5.74) is 0.319. The van der Waals surface area contributed by atoms with Crippen LogP contribution in [0.15, 0.2) is 30.3 Å². The maximum atomic E-state index is 11.8. The van der Waals surface area contributed by atoms with Crippen LogP contribution in [-0.2, 0) is 6.54 Å². The van der Waals surface area contributed by atoms with E-state index in [0.29, 0.717) is 12.2 Å². The van der Waals surface area contributed by atoms with Crippen molar-refractivity contribution in [1.29, 1.82) is 0 Å². The second kappa shape index (κ2) is 6.60. The highest BCUT2D eigenvalue weighted by atomic mass is 35.5. The van der Waals surface area contributed by atoms with Crippen LogP contribution in [0, 0.1) is 6.92 Å². The van der Waals surface area contributed by atoms with Gasteiger partial charge in [0.25, 0.3) is 0 Å². The normalized spacial score (nSPS) is 10.2. The molecule has 0 saturated heterocycles. The van der Waals surface area contributed by atoms with Crippen LogP contribution in [0.2, 0.25) is 5.02 Å². The zero-order valence-electron chi connectivity index (χ0n) is 11.1. The molecule has 110 valence electrons. The van der Waals surface area contributed by atoms with Crippen molar-refractivity contribution in [2.24, 2.45) is 0 Å². The minimum absolute atomic E-state index is 0.0525. The number of carbonyl (C=O) groups is 2. The maximum absolute atomic E-state index is 11.8. The number of carbonyl (C=O) groups excluding carboxylic acids is 1. The Morgan fingerprint density at radius 1 is 1.29 bits per heavy atom. The third-order valence-corrected chi connectivity index (χ3v) is 4.00. The molecule has 0 bridgehead atoms. The highest BCUT2D eigenvalue weighted by molar-refractivity contribution is 7.11. The first kappa shape index (κ1) is 15.3. The van der Waals surface area contributed by atoms with Crippen molar-refractivity contribution in [3.63, 3.8) is 0 Å². The van der Waals surface area contributed by atoms with E-state index in [9.17, 15) is 9.59 Å². The van der Waals surface area contributed by atoms with Gasteiger partial charge in [0, 0.05) is 15.4 Å². The number of thiophene rings is 1. The Kier molecular flexibility index (Phi) is 4.82. The summed E-state index contributed by atoms with van der Waals surface area (Å²) < 4.78 is 0. The van der Waals surface area contributed by atoms with Gasteiger partial charge in [-0.3, -0.25) is 0 Å². The van der Waals surface area contributed by atoms with Gasteiger partial charge in [0.2, 0.25) is 0 Å². The van der Waals surface area contributed by atoms with Crippen LogP contribution in [0.25, 0.3) is 0 Å². The Bertz CT molecular complexity index is 685. The number of aryl methyl sites for hydroxylation is 1. The fraction of sp³-hybridized carbons (Fsp3) is 0.143. The number of hydrogen-bond donors (Lipinski definition) is 3. The quantitative estimate of drug-likeness (QED) is 0.801. The van der Waals surface area contributed by atoms with Gasteiger partial charge in [0.05, 0.1) is 17.1 Å². The van der Waals surface area contributed by atoms with E-state index in [-0.39, 0.29) is 10.6 Å². The van der Waals surface area contributed by atoms with E-state index in [0.717, 1.165) is 4.88 Å². The number of amides is 2. The smallest absolute Gasteiger partial charge is 0.337 e. The lowest BCUT2D eigenvalue weighted by molar-refractivity contribution is 0.0697. The van der Waals surface area contributed by atoms with E-state index < -0.39 is 12.0 Å². The molecular weight excluding hydrogens is 312 g/mol. The molecule has 0 atom stereocenters. The van der Waals surface area contributed by atoms with E-state index >= 15 is 0 Å². The Balaban J connectivity index is 1.96. The molecule has 0 radical (unpaired) electrons. The predicted molar refractivity (Wildman–Crippen MR) is 83.3 cm³/mol. The molecule has 0 aliphatic rings. The first-order chi connectivity index (χ1) is 9.95. The molecular formula is C14H13ClN2O3S. The molecule has 21 heavy (non-hydrogen) atoms. The van der Waals surface area contributed by atoms with Crippen molar-refractivity contribution in [2.75, 3.05) is 5.32 Å². The summed E-state index contributed by atoms with van der Waals surface area (Å²) in [6, 6.07) is 7.83. The lowest BCUT2D eigenvalue weighted by atomic mass is 10.2. The van der Waals surface area contributed by atoms with Crippen LogP contribution in [0.5, 0.6) is 0 Å². The van der Waals surface area contributed by atoms with Crippen molar-refractivity contribution in [1.82, 2.24) is 5.32 Å². The van der Waals surface area contributed by atoms with E-state index in [1.165, 1.54) is 17.0 Å². The number of carboxylic acid groups (broad SMARTS) is 1. The Morgan fingerprint density at radius 3 is 2.67 bits per heavy atom. The van der Waals surface area contributed by atoms with Crippen LogP contribution in [-0.4, -0.2) is 17.1 Å². The fourth-order valence-electron chi connectivity index (χ4n) is 1.69. The number of rotatable bonds is 4. The molecule has 0 aliphatic carbocycles. The number of anilines is 1. The number of benzene rings is 1. The minimum Gasteiger partial charge on any atom is -0.478 e. The van der Waals surface area contributed by atoms with Gasteiger partial charge >= 0.3 is 12.0 Å². The predicted octanol–water partition coefficient (Wildman–Crippen LogP) is 3.73. The molecule has 0 spiro atoms. The number of aromatic carboxylic acids is 1. The van der Waals surface area contributed by atoms with Crippen LogP contribution >= 0.6 is 22.9 Å². The average molecular weight is 325 g/mol. The van der Waals surface area contributed by atoms with Gasteiger partial charge in [-0.25, -0.2) is 9.59 Å². The molecule has 2 aromatic rings. The molecule has 2 rings (SSSR count). The highest BCUT2D eigenvalue weighted by Crippen LogP contribution is 2.20. The molecule has 3 N–H and O–H groups in total. The molecule has 0 saturated carbocycles. The summed E-state index contributed by atoms with van der Waals surface area (Å²) in [4.78, 5) is 24.9. The monoisotopic (exact) mass is 324 g/mol. The Hall–Kier alpha value is -2.05. The van der Waals surface area contributed by atoms with Crippen LogP contribution in [0.4, 0.5) is 10.5 Å². The summed E-state index contributed by atoms with van der Waals surface area (Å²) in [7, 11) is 0. The van der Waals surface area contributed by atoms with Crippen molar-refractivity contribution < 1.29 is 14.7 Å². The lowest BCUT2D eigenvalue weighted by Gasteiger charge is -2.08. The molecule has 1 aromatic carbocycles. The third kappa shape index (κ3) is 4.21. The first-order valence-electron chi connectivity index (χ1n) is 6.08. The molecule has 0 unspecified atom stereocenters. The fourth-order valence-corrected chi connectivity index (χ4v) is 2.72. The largest absolute Gasteiger partial charge is 0.478 e. The zero-order chi connectivity index (χ0) is 15.4. The minimum atomic E-state index is -1.14. The second-order valence-electron chi connectivity index (χ2n) is 4.32. The number of halogens is 1. The SMILES string of the molecule is Cc1ccc(CNC(=O)Nc2ccc(Cl)c(C(=O)O)c2)s1. The summed E-state index contributed by atoms with van der Waals surface area (Å²) >= 11 is 7.37. The van der Waals surface area contributed by atoms with Crippen molar-refractivity contribution in [2.45, 2.75) is 13.5 Å². The molecule has 1 aromatic heterocycles. The first-order valence-corrected chi connectivity index (χ1v) is 7.28. The van der Waals surface area contributed by atoms with E-state index in [4.69, 9.17) is 16.7 Å². The van der Waals surface area contributed by atoms with Crippen LogP contribution in [0.1, 0.15) is 20.1 Å². The second-order valence-corrected chi connectivity index (χ2v) is 6.10. The van der Waals surface area contributed by atoms with Crippen molar-refractivity contribution in [3.05, 3.63) is 50.7 Å². The summed E-state index contributed by atoms with van der Waals surface area (Å²) in [5, 5.41) is 14.4. The molecule has 7 heteroatoms. The standard InChI is InChI=1S/C14H13ClN2O3S/c1-8-2-4-10(21-8)7-16-14(20)17-9-3-5-12(15)11(6-9)13(18)19/h2-6H,7H2,1H3,(H,18,19)(H2,16,17,20). The van der Waals surface area contributed by atoms with E-state index in [1.54, 1.807) is 17.4 Å². The topological polar surface area (TPSA) is 78.4 Å². The average Bonchev–Trinajstić information content (AvgIpc) is 2.84. The van der Waals surface area contributed by atoms with Crippen molar-refractivity contribution in [3.8, 4) is 0 Å². The van der Waals surface area contributed by atoms with Gasteiger partial charge in [-0.05, 0) is 37.3 Å². The zero-order valence-corrected chi connectivity index (χ0v) is 12.7. The summed E-state index contributed by atoms with van der Waals surface area (Å²) in [6.07, 6.45) is 0. The van der Waals surface area contributed by atoms with Crippen LogP contribution in [0.3, 0.4) is 0 Å².